The number of aromatic nitrogens is 5. The van der Waals surface area contributed by atoms with Crippen LogP contribution in [0.15, 0.2) is 54.9 Å². The molecule has 0 N–H and O–H groups in total. The highest BCUT2D eigenvalue weighted by Crippen LogP contribution is 2.22. The van der Waals surface area contributed by atoms with Gasteiger partial charge in [0.15, 0.2) is 0 Å². The van der Waals surface area contributed by atoms with Crippen molar-refractivity contribution in [3.63, 3.8) is 0 Å². The Morgan fingerprint density at radius 3 is 2.68 bits per heavy atom. The SMILES string of the molecule is N#Cc1ncn(Cc2nc3cc(Cl)ccc3n2Cc2ccccc2)n1. The topological polar surface area (TPSA) is 72.3 Å². The summed E-state index contributed by atoms with van der Waals surface area (Å²) in [7, 11) is 0. The van der Waals surface area contributed by atoms with Gasteiger partial charge in [0.05, 0.1) is 11.0 Å². The van der Waals surface area contributed by atoms with Gasteiger partial charge in [0.2, 0.25) is 0 Å². The molecule has 0 saturated carbocycles. The van der Waals surface area contributed by atoms with Crippen molar-refractivity contribution >= 4 is 22.6 Å². The Bertz CT molecular complexity index is 1070. The van der Waals surface area contributed by atoms with Crippen molar-refractivity contribution in [2.75, 3.05) is 0 Å². The smallest absolute Gasteiger partial charge is 0.252 e. The maximum atomic E-state index is 8.89. The number of fused-ring (bicyclic) bond motifs is 1. The predicted molar refractivity (Wildman–Crippen MR) is 94.1 cm³/mol. The zero-order chi connectivity index (χ0) is 17.2. The van der Waals surface area contributed by atoms with Gasteiger partial charge in [-0.3, -0.25) is 0 Å². The number of nitriles is 1. The lowest BCUT2D eigenvalue weighted by molar-refractivity contribution is 0.619. The van der Waals surface area contributed by atoms with E-state index in [1.54, 1.807) is 4.68 Å². The van der Waals surface area contributed by atoms with Gasteiger partial charge in [0.1, 0.15) is 24.8 Å². The van der Waals surface area contributed by atoms with Crippen LogP contribution in [-0.2, 0) is 13.1 Å². The number of hydrogen-bond acceptors (Lipinski definition) is 4. The van der Waals surface area contributed by atoms with Gasteiger partial charge in [0.25, 0.3) is 5.82 Å². The molecular formula is C18H13ClN6. The van der Waals surface area contributed by atoms with Gasteiger partial charge in [-0.25, -0.2) is 14.6 Å². The van der Waals surface area contributed by atoms with E-state index in [0.29, 0.717) is 18.1 Å². The summed E-state index contributed by atoms with van der Waals surface area (Å²) >= 11 is 6.11. The number of benzene rings is 2. The molecule has 0 aliphatic carbocycles. The van der Waals surface area contributed by atoms with Crippen LogP contribution in [0, 0.1) is 11.3 Å². The molecule has 7 heteroatoms. The molecule has 0 fully saturated rings. The number of hydrogen-bond donors (Lipinski definition) is 0. The molecule has 25 heavy (non-hydrogen) atoms. The normalized spacial score (nSPS) is 10.9. The van der Waals surface area contributed by atoms with Gasteiger partial charge >= 0.3 is 0 Å². The molecule has 2 aromatic carbocycles. The van der Waals surface area contributed by atoms with Gasteiger partial charge in [-0.1, -0.05) is 41.9 Å². The van der Waals surface area contributed by atoms with Crippen LogP contribution >= 0.6 is 11.6 Å². The molecule has 0 saturated heterocycles. The van der Waals surface area contributed by atoms with E-state index < -0.39 is 0 Å². The molecule has 4 aromatic rings. The summed E-state index contributed by atoms with van der Waals surface area (Å²) in [6, 6.07) is 17.8. The van der Waals surface area contributed by atoms with Crippen LogP contribution in [0.25, 0.3) is 11.0 Å². The van der Waals surface area contributed by atoms with Gasteiger partial charge in [0, 0.05) is 11.6 Å². The second-order valence-corrected chi connectivity index (χ2v) is 6.05. The molecular weight excluding hydrogens is 336 g/mol. The summed E-state index contributed by atoms with van der Waals surface area (Å²) in [4.78, 5) is 8.65. The molecule has 4 rings (SSSR count). The number of rotatable bonds is 4. The summed E-state index contributed by atoms with van der Waals surface area (Å²) in [6.07, 6.45) is 1.54. The van der Waals surface area contributed by atoms with Gasteiger partial charge in [-0.15, -0.1) is 5.10 Å². The highest BCUT2D eigenvalue weighted by Gasteiger charge is 2.13. The Labute approximate surface area is 148 Å². The number of imidazole rings is 1. The molecule has 0 aliphatic rings. The Morgan fingerprint density at radius 1 is 1.08 bits per heavy atom. The maximum Gasteiger partial charge on any atom is 0.252 e. The second-order valence-electron chi connectivity index (χ2n) is 5.61. The Hall–Kier alpha value is -3.17. The molecule has 0 unspecified atom stereocenters. The molecule has 2 heterocycles. The van der Waals surface area contributed by atoms with E-state index in [-0.39, 0.29) is 5.82 Å². The molecule has 0 radical (unpaired) electrons. The summed E-state index contributed by atoms with van der Waals surface area (Å²) in [5.74, 6) is 0.976. The highest BCUT2D eigenvalue weighted by molar-refractivity contribution is 6.31. The zero-order valence-corrected chi connectivity index (χ0v) is 13.9. The van der Waals surface area contributed by atoms with Gasteiger partial charge in [-0.2, -0.15) is 5.26 Å². The first kappa shape index (κ1) is 15.4. The molecule has 0 bridgehead atoms. The molecule has 6 nitrogen and oxygen atoms in total. The van der Waals surface area contributed by atoms with Crippen LogP contribution < -0.4 is 0 Å². The van der Waals surface area contributed by atoms with E-state index in [0.717, 1.165) is 16.9 Å². The summed E-state index contributed by atoms with van der Waals surface area (Å²) in [5.41, 5.74) is 3.01. The molecule has 0 aliphatic heterocycles. The van der Waals surface area contributed by atoms with E-state index >= 15 is 0 Å². The molecule has 122 valence electrons. The Balaban J connectivity index is 1.78. The van der Waals surface area contributed by atoms with Crippen LogP contribution in [0.1, 0.15) is 17.2 Å². The zero-order valence-electron chi connectivity index (χ0n) is 13.2. The third-order valence-electron chi connectivity index (χ3n) is 3.91. The minimum Gasteiger partial charge on any atom is -0.322 e. The number of halogens is 1. The van der Waals surface area contributed by atoms with E-state index in [1.165, 1.54) is 11.9 Å². The lowest BCUT2D eigenvalue weighted by Gasteiger charge is -2.09. The van der Waals surface area contributed by atoms with E-state index in [1.807, 2.05) is 42.5 Å². The van der Waals surface area contributed by atoms with Crippen molar-refractivity contribution in [1.82, 2.24) is 24.3 Å². The fourth-order valence-corrected chi connectivity index (χ4v) is 2.95. The van der Waals surface area contributed by atoms with Crippen LogP contribution in [0.5, 0.6) is 0 Å². The summed E-state index contributed by atoms with van der Waals surface area (Å²) in [5, 5.41) is 13.7. The van der Waals surface area contributed by atoms with E-state index in [4.69, 9.17) is 21.8 Å². The van der Waals surface area contributed by atoms with E-state index in [2.05, 4.69) is 26.8 Å². The van der Waals surface area contributed by atoms with Crippen molar-refractivity contribution in [2.45, 2.75) is 13.1 Å². The lowest BCUT2D eigenvalue weighted by Crippen LogP contribution is -2.10. The average Bonchev–Trinajstić information content (AvgIpc) is 3.21. The van der Waals surface area contributed by atoms with Gasteiger partial charge < -0.3 is 4.57 Å². The second kappa shape index (κ2) is 6.38. The van der Waals surface area contributed by atoms with Crippen LogP contribution in [0.2, 0.25) is 5.02 Å². The minimum absolute atomic E-state index is 0.147. The first-order chi connectivity index (χ1) is 12.2. The Morgan fingerprint density at radius 2 is 1.92 bits per heavy atom. The average molecular weight is 349 g/mol. The van der Waals surface area contributed by atoms with Gasteiger partial charge in [-0.05, 0) is 23.8 Å². The Kier molecular flexibility index (Phi) is 3.92. The molecule has 0 atom stereocenters. The largest absolute Gasteiger partial charge is 0.322 e. The standard InChI is InChI=1S/C18H13ClN6/c19-14-6-7-16-15(8-14)22-18(11-24-12-21-17(9-20)23-24)25(16)10-13-4-2-1-3-5-13/h1-8,12H,10-11H2. The van der Waals surface area contributed by atoms with Crippen molar-refractivity contribution in [2.24, 2.45) is 0 Å². The fraction of sp³-hybridized carbons (Fsp3) is 0.111. The first-order valence-corrected chi connectivity index (χ1v) is 8.09. The van der Waals surface area contributed by atoms with Crippen molar-refractivity contribution in [3.8, 4) is 6.07 Å². The lowest BCUT2D eigenvalue weighted by atomic mass is 10.2. The monoisotopic (exact) mass is 348 g/mol. The molecule has 0 amide bonds. The van der Waals surface area contributed by atoms with E-state index in [9.17, 15) is 0 Å². The van der Waals surface area contributed by atoms with Crippen molar-refractivity contribution < 1.29 is 0 Å². The van der Waals surface area contributed by atoms with Crippen LogP contribution in [-0.4, -0.2) is 24.3 Å². The van der Waals surface area contributed by atoms with Crippen LogP contribution in [0.3, 0.4) is 0 Å². The number of nitrogens with zero attached hydrogens (tertiary/aromatic N) is 6. The van der Waals surface area contributed by atoms with Crippen LogP contribution in [0.4, 0.5) is 0 Å². The molecule has 2 aromatic heterocycles. The quantitative estimate of drug-likeness (QED) is 0.567. The van der Waals surface area contributed by atoms with Crippen molar-refractivity contribution in [1.29, 1.82) is 5.26 Å². The predicted octanol–water partition coefficient (Wildman–Crippen LogP) is 3.25. The maximum absolute atomic E-state index is 8.89. The third-order valence-corrected chi connectivity index (χ3v) is 4.15. The first-order valence-electron chi connectivity index (χ1n) is 7.71. The summed E-state index contributed by atoms with van der Waals surface area (Å²) < 4.78 is 3.75. The van der Waals surface area contributed by atoms with Crippen molar-refractivity contribution in [3.05, 3.63) is 77.1 Å². The molecule has 0 spiro atoms. The third kappa shape index (κ3) is 3.10. The summed E-state index contributed by atoms with van der Waals surface area (Å²) in [6.45, 7) is 1.11. The highest BCUT2D eigenvalue weighted by atomic mass is 35.5. The fourth-order valence-electron chi connectivity index (χ4n) is 2.78. The minimum atomic E-state index is 0.147.